The molecule has 3 heteroatoms. The molecule has 0 N–H and O–H groups in total. The van der Waals surface area contributed by atoms with Crippen LogP contribution in [0.25, 0.3) is 0 Å². The van der Waals surface area contributed by atoms with Crippen LogP contribution in [0, 0.1) is 5.92 Å². The van der Waals surface area contributed by atoms with Gasteiger partial charge in [0.1, 0.15) is 0 Å². The number of rotatable bonds is 11. The minimum Gasteiger partial charge on any atom is -0.341 e. The third-order valence-electron chi connectivity index (χ3n) is 3.13. The number of hydrogen-bond acceptors (Lipinski definition) is 2. The van der Waals surface area contributed by atoms with Gasteiger partial charge in [-0.05, 0) is 12.3 Å². The van der Waals surface area contributed by atoms with Crippen LogP contribution in [0.15, 0.2) is 12.7 Å². The van der Waals surface area contributed by atoms with Gasteiger partial charge in [0.15, 0.2) is 0 Å². The molecule has 0 heterocycles. The maximum atomic E-state index is 6.15. The van der Waals surface area contributed by atoms with Crippen LogP contribution in [-0.4, -0.2) is 19.5 Å². The van der Waals surface area contributed by atoms with Crippen LogP contribution in [0.4, 0.5) is 0 Å². The van der Waals surface area contributed by atoms with Crippen LogP contribution < -0.4 is 0 Å². The summed E-state index contributed by atoms with van der Waals surface area (Å²) in [6, 6.07) is 0. The summed E-state index contributed by atoms with van der Waals surface area (Å²) in [6.45, 7) is 6.09. The topological polar surface area (TPSA) is 18.5 Å². The molecule has 0 aromatic carbocycles. The van der Waals surface area contributed by atoms with Gasteiger partial charge in [0.2, 0.25) is 5.25 Å². The van der Waals surface area contributed by atoms with Crippen LogP contribution in [0.2, 0.25) is 0 Å². The lowest BCUT2D eigenvalue weighted by atomic mass is 9.97. The van der Waals surface area contributed by atoms with Crippen LogP contribution in [0.3, 0.4) is 0 Å². The van der Waals surface area contributed by atoms with Crippen molar-refractivity contribution >= 4 is 11.6 Å². The van der Waals surface area contributed by atoms with E-state index in [1.165, 1.54) is 32.1 Å². The average Bonchev–Trinajstić information content (AvgIpc) is 2.37. The summed E-state index contributed by atoms with van der Waals surface area (Å²) in [6.07, 6.45) is 10.1. The Labute approximate surface area is 111 Å². The van der Waals surface area contributed by atoms with E-state index in [0.717, 1.165) is 6.42 Å². The number of hydrogen-bond donors (Lipinski definition) is 0. The fraction of sp³-hybridized carbons (Fsp3) is 0.857. The summed E-state index contributed by atoms with van der Waals surface area (Å²) in [5, 5.41) is -0.998. The molecule has 0 amide bonds. The summed E-state index contributed by atoms with van der Waals surface area (Å²) in [7, 11) is 3.13. The Morgan fingerprint density at radius 1 is 1.18 bits per heavy atom. The van der Waals surface area contributed by atoms with E-state index >= 15 is 0 Å². The smallest absolute Gasteiger partial charge is 0.248 e. The molecule has 17 heavy (non-hydrogen) atoms. The first-order valence-corrected chi connectivity index (χ1v) is 6.91. The zero-order chi connectivity index (χ0) is 13.1. The zero-order valence-corrected chi connectivity index (χ0v) is 12.3. The zero-order valence-electron chi connectivity index (χ0n) is 11.5. The first-order valence-electron chi connectivity index (χ1n) is 6.53. The summed E-state index contributed by atoms with van der Waals surface area (Å²) in [5.74, 6) is 0.356. The van der Waals surface area contributed by atoms with E-state index in [2.05, 4.69) is 13.5 Å². The first-order chi connectivity index (χ1) is 8.11. The Bertz CT molecular complexity index is 191. The van der Waals surface area contributed by atoms with E-state index in [4.69, 9.17) is 21.1 Å². The van der Waals surface area contributed by atoms with Gasteiger partial charge in [0, 0.05) is 20.6 Å². The molecule has 0 aromatic heterocycles. The van der Waals surface area contributed by atoms with Crippen molar-refractivity contribution < 1.29 is 9.47 Å². The summed E-state index contributed by atoms with van der Waals surface area (Å²) >= 11 is 6.15. The SMILES string of the molecule is C=CC(CCCCCCC)CC(Cl)(OC)OC. The molecule has 1 unspecified atom stereocenters. The highest BCUT2D eigenvalue weighted by Crippen LogP contribution is 2.29. The van der Waals surface area contributed by atoms with E-state index in [1.807, 2.05) is 6.08 Å². The van der Waals surface area contributed by atoms with Crippen molar-refractivity contribution in [1.29, 1.82) is 0 Å². The van der Waals surface area contributed by atoms with Crippen molar-refractivity contribution in [3.05, 3.63) is 12.7 Å². The lowest BCUT2D eigenvalue weighted by molar-refractivity contribution is -0.150. The van der Waals surface area contributed by atoms with Crippen LogP contribution >= 0.6 is 11.6 Å². The Kier molecular flexibility index (Phi) is 9.90. The van der Waals surface area contributed by atoms with E-state index < -0.39 is 5.25 Å². The van der Waals surface area contributed by atoms with Gasteiger partial charge in [-0.3, -0.25) is 0 Å². The fourth-order valence-corrected chi connectivity index (χ4v) is 2.07. The summed E-state index contributed by atoms with van der Waals surface area (Å²) < 4.78 is 10.3. The van der Waals surface area contributed by atoms with Crippen molar-refractivity contribution in [1.82, 2.24) is 0 Å². The van der Waals surface area contributed by atoms with Gasteiger partial charge in [-0.2, -0.15) is 0 Å². The second kappa shape index (κ2) is 9.93. The van der Waals surface area contributed by atoms with Gasteiger partial charge in [-0.25, -0.2) is 0 Å². The maximum Gasteiger partial charge on any atom is 0.248 e. The molecule has 0 saturated heterocycles. The molecule has 0 spiro atoms. The maximum absolute atomic E-state index is 6.15. The highest BCUT2D eigenvalue weighted by atomic mass is 35.5. The number of ether oxygens (including phenoxy) is 2. The van der Waals surface area contributed by atoms with Gasteiger partial charge in [0.05, 0.1) is 0 Å². The Balaban J connectivity index is 3.87. The van der Waals surface area contributed by atoms with Gasteiger partial charge in [-0.15, -0.1) is 6.58 Å². The second-order valence-corrected chi connectivity index (χ2v) is 5.05. The van der Waals surface area contributed by atoms with Gasteiger partial charge >= 0.3 is 0 Å². The van der Waals surface area contributed by atoms with Crippen LogP contribution in [-0.2, 0) is 9.47 Å². The lowest BCUT2D eigenvalue weighted by Gasteiger charge is -2.27. The van der Waals surface area contributed by atoms with Crippen molar-refractivity contribution in [3.8, 4) is 0 Å². The monoisotopic (exact) mass is 262 g/mol. The quantitative estimate of drug-likeness (QED) is 0.232. The van der Waals surface area contributed by atoms with Gasteiger partial charge in [-0.1, -0.05) is 56.7 Å². The molecular weight excluding hydrogens is 236 g/mol. The van der Waals surface area contributed by atoms with Crippen molar-refractivity contribution in [2.24, 2.45) is 5.92 Å². The van der Waals surface area contributed by atoms with E-state index in [-0.39, 0.29) is 0 Å². The molecule has 0 aromatic rings. The molecule has 102 valence electrons. The number of alkyl halides is 1. The van der Waals surface area contributed by atoms with E-state index in [9.17, 15) is 0 Å². The minimum atomic E-state index is -0.998. The third-order valence-corrected chi connectivity index (χ3v) is 3.59. The van der Waals surface area contributed by atoms with Crippen LogP contribution in [0.5, 0.6) is 0 Å². The predicted molar refractivity (Wildman–Crippen MR) is 74.3 cm³/mol. The van der Waals surface area contributed by atoms with Crippen molar-refractivity contribution in [2.75, 3.05) is 14.2 Å². The lowest BCUT2D eigenvalue weighted by Crippen LogP contribution is -2.29. The van der Waals surface area contributed by atoms with E-state index in [1.54, 1.807) is 14.2 Å². The molecule has 0 aliphatic carbocycles. The molecule has 0 aliphatic rings. The highest BCUT2D eigenvalue weighted by Gasteiger charge is 2.29. The molecule has 2 nitrogen and oxygen atoms in total. The predicted octanol–water partition coefficient (Wildman–Crippen LogP) is 4.72. The largest absolute Gasteiger partial charge is 0.341 e. The Morgan fingerprint density at radius 3 is 2.24 bits per heavy atom. The Morgan fingerprint density at radius 2 is 1.76 bits per heavy atom. The third kappa shape index (κ3) is 7.80. The molecular formula is C14H27ClO2. The standard InChI is InChI=1S/C14H27ClO2/c1-5-7-8-9-10-11-13(6-2)12-14(15,16-3)17-4/h6,13H,2,5,7-12H2,1,3-4H3. The molecule has 0 rings (SSSR count). The number of allylic oxidation sites excluding steroid dienone is 1. The second-order valence-electron chi connectivity index (χ2n) is 4.47. The number of unbranched alkanes of at least 4 members (excludes halogenated alkanes) is 4. The molecule has 1 atom stereocenters. The van der Waals surface area contributed by atoms with Crippen LogP contribution in [0.1, 0.15) is 51.9 Å². The van der Waals surface area contributed by atoms with E-state index in [0.29, 0.717) is 12.3 Å². The molecule has 0 fully saturated rings. The molecule has 0 radical (unpaired) electrons. The average molecular weight is 263 g/mol. The highest BCUT2D eigenvalue weighted by molar-refractivity contribution is 6.21. The molecule has 0 bridgehead atoms. The summed E-state index contributed by atoms with van der Waals surface area (Å²) in [4.78, 5) is 0. The van der Waals surface area contributed by atoms with Gasteiger partial charge in [0.25, 0.3) is 0 Å². The van der Waals surface area contributed by atoms with Crippen molar-refractivity contribution in [2.45, 2.75) is 57.1 Å². The Hall–Kier alpha value is -0.0500. The first kappa shape index (κ1) is 16.9. The molecule has 0 aliphatic heterocycles. The molecule has 0 saturated carbocycles. The normalized spacial score (nSPS) is 13.6. The van der Waals surface area contributed by atoms with Gasteiger partial charge < -0.3 is 9.47 Å². The number of methoxy groups -OCH3 is 2. The number of halogens is 1. The van der Waals surface area contributed by atoms with Crippen molar-refractivity contribution in [3.63, 3.8) is 0 Å². The summed E-state index contributed by atoms with van der Waals surface area (Å²) in [5.41, 5.74) is 0. The minimum absolute atomic E-state index is 0.356. The fourth-order valence-electron chi connectivity index (χ4n) is 1.88.